The molecule has 2 aliphatic heterocycles. The van der Waals surface area contributed by atoms with E-state index in [1.807, 2.05) is 32.0 Å². The number of nitrogens with one attached hydrogen (secondary N) is 4. The van der Waals surface area contributed by atoms with Gasteiger partial charge in [-0.15, -0.1) is 0 Å². The summed E-state index contributed by atoms with van der Waals surface area (Å²) < 4.78 is 5.40. The number of carbonyl (C=O) groups is 1. The average Bonchev–Trinajstić information content (AvgIpc) is 2.72. The third-order valence-electron chi connectivity index (χ3n) is 5.87. The molecular weight excluding hydrogens is 386 g/mol. The topological polar surface area (TPSA) is 62.5 Å². The van der Waals surface area contributed by atoms with Crippen molar-refractivity contribution in [3.05, 3.63) is 29.3 Å². The standard InChI is InChI=1S/C21H33N5O2S/c1-17-4-3-5-18(2)20(17)23-19(27)16-25-8-10-26(11-9-25)21(29)22-6-7-24-12-14-28-15-13-24/h3-5H,6-16H2,1-2H3,(H,22,29)(H,23,27)/p+2. The van der Waals surface area contributed by atoms with Gasteiger partial charge < -0.3 is 30.1 Å². The third-order valence-corrected chi connectivity index (χ3v) is 6.27. The maximum absolute atomic E-state index is 12.5. The number of benzene rings is 1. The number of para-hydroxylation sites is 1. The predicted molar refractivity (Wildman–Crippen MR) is 119 cm³/mol. The van der Waals surface area contributed by atoms with Gasteiger partial charge >= 0.3 is 0 Å². The molecule has 0 saturated carbocycles. The Bertz CT molecular complexity index is 680. The Kier molecular flexibility index (Phi) is 8.23. The number of hydrogen-bond donors (Lipinski definition) is 4. The maximum atomic E-state index is 12.5. The van der Waals surface area contributed by atoms with Crippen molar-refractivity contribution in [1.29, 1.82) is 0 Å². The number of rotatable bonds is 6. The Morgan fingerprint density at radius 3 is 2.41 bits per heavy atom. The SMILES string of the molecule is Cc1cccc(C)c1NC(=O)C[NH+]1CCN(C(=S)NCC[NH+]2CCOCC2)CC1. The molecule has 4 N–H and O–H groups in total. The fourth-order valence-corrected chi connectivity index (χ4v) is 4.28. The molecule has 0 radical (unpaired) electrons. The van der Waals surface area contributed by atoms with Crippen molar-refractivity contribution < 1.29 is 19.3 Å². The smallest absolute Gasteiger partial charge is 0.279 e. The van der Waals surface area contributed by atoms with Crippen LogP contribution in [0, 0.1) is 13.8 Å². The minimum absolute atomic E-state index is 0.0834. The number of hydrogen-bond acceptors (Lipinski definition) is 3. The first kappa shape index (κ1) is 22.0. The second-order valence-electron chi connectivity index (χ2n) is 8.07. The molecule has 0 atom stereocenters. The minimum Gasteiger partial charge on any atom is -0.370 e. The van der Waals surface area contributed by atoms with Crippen LogP contribution in [0.1, 0.15) is 11.1 Å². The lowest BCUT2D eigenvalue weighted by molar-refractivity contribution is -0.906. The number of aryl methyl sites for hydroxylation is 2. The van der Waals surface area contributed by atoms with Gasteiger partial charge in [-0.25, -0.2) is 0 Å². The molecule has 160 valence electrons. The van der Waals surface area contributed by atoms with E-state index in [1.54, 1.807) is 4.90 Å². The molecule has 1 aromatic rings. The summed E-state index contributed by atoms with van der Waals surface area (Å²) in [5.74, 6) is 0.0834. The van der Waals surface area contributed by atoms with Gasteiger partial charge in [-0.2, -0.15) is 0 Å². The van der Waals surface area contributed by atoms with Crippen LogP contribution < -0.4 is 20.4 Å². The van der Waals surface area contributed by atoms with E-state index in [2.05, 4.69) is 15.5 Å². The molecule has 2 heterocycles. The summed E-state index contributed by atoms with van der Waals surface area (Å²) in [7, 11) is 0. The van der Waals surface area contributed by atoms with Crippen molar-refractivity contribution in [2.45, 2.75) is 13.8 Å². The fraction of sp³-hybridized carbons (Fsp3) is 0.619. The molecule has 0 bridgehead atoms. The number of quaternary nitrogens is 2. The van der Waals surface area contributed by atoms with E-state index in [4.69, 9.17) is 17.0 Å². The van der Waals surface area contributed by atoms with E-state index in [9.17, 15) is 4.79 Å². The molecule has 1 aromatic carbocycles. The number of nitrogens with zero attached hydrogens (tertiary/aromatic N) is 1. The lowest BCUT2D eigenvalue weighted by Crippen LogP contribution is -3.15. The van der Waals surface area contributed by atoms with Crippen molar-refractivity contribution >= 4 is 28.9 Å². The molecule has 8 heteroatoms. The van der Waals surface area contributed by atoms with Crippen LogP contribution in [0.15, 0.2) is 18.2 Å². The van der Waals surface area contributed by atoms with E-state index < -0.39 is 0 Å². The summed E-state index contributed by atoms with van der Waals surface area (Å²) in [6.07, 6.45) is 0. The molecule has 0 spiro atoms. The number of carbonyl (C=O) groups excluding carboxylic acids is 1. The summed E-state index contributed by atoms with van der Waals surface area (Å²) in [6, 6.07) is 6.08. The van der Waals surface area contributed by atoms with Crippen molar-refractivity contribution in [1.82, 2.24) is 10.2 Å². The van der Waals surface area contributed by atoms with Gasteiger partial charge in [-0.05, 0) is 37.2 Å². The van der Waals surface area contributed by atoms with Crippen molar-refractivity contribution in [3.63, 3.8) is 0 Å². The van der Waals surface area contributed by atoms with E-state index in [0.717, 1.165) is 87.5 Å². The van der Waals surface area contributed by atoms with E-state index >= 15 is 0 Å². The van der Waals surface area contributed by atoms with Gasteiger partial charge in [0.1, 0.15) is 13.1 Å². The van der Waals surface area contributed by atoms with Crippen LogP contribution in [-0.4, -0.2) is 88.0 Å². The highest BCUT2D eigenvalue weighted by Gasteiger charge is 2.24. The highest BCUT2D eigenvalue weighted by molar-refractivity contribution is 7.80. The molecule has 29 heavy (non-hydrogen) atoms. The monoisotopic (exact) mass is 421 g/mol. The molecule has 0 aliphatic carbocycles. The van der Waals surface area contributed by atoms with E-state index in [1.165, 1.54) is 4.90 Å². The number of anilines is 1. The molecule has 2 saturated heterocycles. The first-order valence-electron chi connectivity index (χ1n) is 10.7. The Morgan fingerprint density at radius 2 is 1.76 bits per heavy atom. The lowest BCUT2D eigenvalue weighted by atomic mass is 10.1. The van der Waals surface area contributed by atoms with Gasteiger partial charge in [-0.1, -0.05) is 18.2 Å². The summed E-state index contributed by atoms with van der Waals surface area (Å²) in [4.78, 5) is 17.6. The lowest BCUT2D eigenvalue weighted by Gasteiger charge is -2.33. The number of thiocarbonyl (C=S) groups is 1. The Morgan fingerprint density at radius 1 is 1.10 bits per heavy atom. The van der Waals surface area contributed by atoms with Crippen LogP contribution in [0.2, 0.25) is 0 Å². The van der Waals surface area contributed by atoms with Crippen LogP contribution in [0.5, 0.6) is 0 Å². The Hall–Kier alpha value is -1.74. The quantitative estimate of drug-likeness (QED) is 0.410. The van der Waals surface area contributed by atoms with E-state index in [0.29, 0.717) is 6.54 Å². The van der Waals surface area contributed by atoms with Crippen molar-refractivity contribution in [2.24, 2.45) is 0 Å². The first-order chi connectivity index (χ1) is 14.0. The van der Waals surface area contributed by atoms with Gasteiger partial charge in [0, 0.05) is 5.69 Å². The van der Waals surface area contributed by atoms with Gasteiger partial charge in [-0.3, -0.25) is 4.79 Å². The normalized spacial score (nSPS) is 18.5. The van der Waals surface area contributed by atoms with Crippen LogP contribution in [-0.2, 0) is 9.53 Å². The van der Waals surface area contributed by atoms with Gasteiger partial charge in [0.05, 0.1) is 52.5 Å². The van der Waals surface area contributed by atoms with Crippen LogP contribution >= 0.6 is 12.2 Å². The Labute approximate surface area is 179 Å². The van der Waals surface area contributed by atoms with Crippen LogP contribution in [0.4, 0.5) is 5.69 Å². The van der Waals surface area contributed by atoms with E-state index in [-0.39, 0.29) is 5.91 Å². The number of amides is 1. The van der Waals surface area contributed by atoms with Gasteiger partial charge in [0.2, 0.25) is 0 Å². The molecule has 2 fully saturated rings. The largest absolute Gasteiger partial charge is 0.370 e. The summed E-state index contributed by atoms with van der Waals surface area (Å²) >= 11 is 5.57. The molecule has 1 amide bonds. The van der Waals surface area contributed by atoms with Gasteiger partial charge in [0.15, 0.2) is 11.7 Å². The summed E-state index contributed by atoms with van der Waals surface area (Å²) in [6.45, 7) is 14.1. The zero-order valence-electron chi connectivity index (χ0n) is 17.7. The summed E-state index contributed by atoms with van der Waals surface area (Å²) in [5, 5.41) is 7.35. The highest BCUT2D eigenvalue weighted by atomic mass is 32.1. The van der Waals surface area contributed by atoms with Crippen molar-refractivity contribution in [2.75, 3.05) is 77.4 Å². The van der Waals surface area contributed by atoms with Crippen LogP contribution in [0.25, 0.3) is 0 Å². The molecule has 2 aliphatic rings. The zero-order chi connectivity index (χ0) is 20.6. The minimum atomic E-state index is 0.0834. The number of ether oxygens (including phenoxy) is 1. The molecule has 7 nitrogen and oxygen atoms in total. The van der Waals surface area contributed by atoms with Crippen LogP contribution in [0.3, 0.4) is 0 Å². The third kappa shape index (κ3) is 6.64. The molecule has 0 unspecified atom stereocenters. The highest BCUT2D eigenvalue weighted by Crippen LogP contribution is 2.18. The molecule has 0 aromatic heterocycles. The maximum Gasteiger partial charge on any atom is 0.279 e. The predicted octanol–water partition coefficient (Wildman–Crippen LogP) is -1.77. The zero-order valence-corrected chi connectivity index (χ0v) is 18.5. The number of morpholine rings is 1. The molecular formula is C21H35N5O2S+2. The van der Waals surface area contributed by atoms with Gasteiger partial charge in [0.25, 0.3) is 5.91 Å². The second kappa shape index (κ2) is 10.9. The summed E-state index contributed by atoms with van der Waals surface area (Å²) in [5.41, 5.74) is 3.16. The molecule has 3 rings (SSSR count). The fourth-order valence-electron chi connectivity index (χ4n) is 3.99. The first-order valence-corrected chi connectivity index (χ1v) is 11.1. The average molecular weight is 422 g/mol. The number of piperazine rings is 1. The second-order valence-corrected chi connectivity index (χ2v) is 8.46. The Balaban J connectivity index is 1.35. The van der Waals surface area contributed by atoms with Crippen molar-refractivity contribution in [3.8, 4) is 0 Å².